The van der Waals surface area contributed by atoms with E-state index in [0.717, 1.165) is 15.4 Å². The van der Waals surface area contributed by atoms with Crippen molar-refractivity contribution in [1.82, 2.24) is 15.0 Å². The molecule has 0 aliphatic rings. The number of fused-ring (bicyclic) bond motifs is 1. The number of halogens is 1. The molecule has 0 aliphatic heterocycles. The minimum atomic E-state index is -0.0629. The van der Waals surface area contributed by atoms with Crippen LogP contribution in [-0.2, 0) is 6.61 Å². The SMILES string of the molecule is OCc1cnc(-c2nc3ccccc3cc2Br)nc1. The second-order valence-electron chi connectivity index (χ2n) is 4.08. The largest absolute Gasteiger partial charge is 0.392 e. The van der Waals surface area contributed by atoms with Gasteiger partial charge in [0.25, 0.3) is 0 Å². The predicted octanol–water partition coefficient (Wildman–Crippen LogP) is 2.95. The number of nitrogens with zero attached hydrogens (tertiary/aromatic N) is 3. The summed E-state index contributed by atoms with van der Waals surface area (Å²) in [5.74, 6) is 0.537. The second kappa shape index (κ2) is 5.03. The number of hydrogen-bond donors (Lipinski definition) is 1. The van der Waals surface area contributed by atoms with Crippen LogP contribution in [0.25, 0.3) is 22.4 Å². The molecule has 19 heavy (non-hydrogen) atoms. The molecule has 94 valence electrons. The predicted molar refractivity (Wildman–Crippen MR) is 76.4 cm³/mol. The molecule has 0 aliphatic carbocycles. The quantitative estimate of drug-likeness (QED) is 0.790. The van der Waals surface area contributed by atoms with Crippen LogP contribution in [0.5, 0.6) is 0 Å². The minimum absolute atomic E-state index is 0.0629. The summed E-state index contributed by atoms with van der Waals surface area (Å²) in [6, 6.07) is 9.88. The Morgan fingerprint density at radius 1 is 1.11 bits per heavy atom. The molecule has 1 aromatic carbocycles. The zero-order valence-corrected chi connectivity index (χ0v) is 11.5. The average molecular weight is 316 g/mol. The smallest absolute Gasteiger partial charge is 0.179 e. The van der Waals surface area contributed by atoms with Crippen LogP contribution in [-0.4, -0.2) is 20.1 Å². The molecule has 0 saturated carbocycles. The Bertz CT molecular complexity index is 728. The Balaban J connectivity index is 2.15. The maximum Gasteiger partial charge on any atom is 0.179 e. The topological polar surface area (TPSA) is 58.9 Å². The van der Waals surface area contributed by atoms with Gasteiger partial charge in [-0.15, -0.1) is 0 Å². The first-order valence-corrected chi connectivity index (χ1v) is 6.54. The summed E-state index contributed by atoms with van der Waals surface area (Å²) in [4.78, 5) is 13.0. The van der Waals surface area contributed by atoms with Crippen molar-refractivity contribution in [3.8, 4) is 11.5 Å². The molecule has 5 heteroatoms. The maximum absolute atomic E-state index is 8.99. The minimum Gasteiger partial charge on any atom is -0.392 e. The van der Waals surface area contributed by atoms with Gasteiger partial charge in [0.1, 0.15) is 5.69 Å². The molecule has 2 heterocycles. The number of para-hydroxylation sites is 1. The first kappa shape index (κ1) is 12.2. The number of rotatable bonds is 2. The van der Waals surface area contributed by atoms with Crippen molar-refractivity contribution in [3.05, 3.63) is 52.8 Å². The summed E-state index contributed by atoms with van der Waals surface area (Å²) in [5.41, 5.74) is 2.28. The van der Waals surface area contributed by atoms with Crippen molar-refractivity contribution >= 4 is 26.8 Å². The van der Waals surface area contributed by atoms with E-state index in [9.17, 15) is 0 Å². The Labute approximate surface area is 118 Å². The number of benzene rings is 1. The van der Waals surface area contributed by atoms with Gasteiger partial charge in [0.2, 0.25) is 0 Å². The summed E-state index contributed by atoms with van der Waals surface area (Å²) in [5, 5.41) is 10.1. The second-order valence-corrected chi connectivity index (χ2v) is 4.94. The Morgan fingerprint density at radius 2 is 1.84 bits per heavy atom. The van der Waals surface area contributed by atoms with Crippen molar-refractivity contribution in [1.29, 1.82) is 0 Å². The monoisotopic (exact) mass is 315 g/mol. The van der Waals surface area contributed by atoms with Crippen LogP contribution >= 0.6 is 15.9 Å². The van der Waals surface area contributed by atoms with Crippen molar-refractivity contribution in [3.63, 3.8) is 0 Å². The van der Waals surface area contributed by atoms with E-state index in [2.05, 4.69) is 30.9 Å². The van der Waals surface area contributed by atoms with Crippen LogP contribution in [0.4, 0.5) is 0 Å². The van der Waals surface area contributed by atoms with Crippen molar-refractivity contribution in [2.45, 2.75) is 6.61 Å². The number of hydrogen-bond acceptors (Lipinski definition) is 4. The van der Waals surface area contributed by atoms with Gasteiger partial charge < -0.3 is 5.11 Å². The van der Waals surface area contributed by atoms with Crippen molar-refractivity contribution in [2.75, 3.05) is 0 Å². The molecule has 0 bridgehead atoms. The molecule has 0 radical (unpaired) electrons. The molecule has 2 aromatic heterocycles. The lowest BCUT2D eigenvalue weighted by Gasteiger charge is -2.05. The number of pyridine rings is 1. The van der Waals surface area contributed by atoms with Gasteiger partial charge in [-0.3, -0.25) is 0 Å². The van der Waals surface area contributed by atoms with E-state index in [1.807, 2.05) is 30.3 Å². The molecule has 4 nitrogen and oxygen atoms in total. The van der Waals surface area contributed by atoms with Gasteiger partial charge in [0.15, 0.2) is 5.82 Å². The normalized spacial score (nSPS) is 10.8. The van der Waals surface area contributed by atoms with E-state index in [1.165, 1.54) is 0 Å². The van der Waals surface area contributed by atoms with Crippen molar-refractivity contribution in [2.24, 2.45) is 0 Å². The van der Waals surface area contributed by atoms with E-state index < -0.39 is 0 Å². The van der Waals surface area contributed by atoms with Crippen LogP contribution in [0.1, 0.15) is 5.56 Å². The highest BCUT2D eigenvalue weighted by Gasteiger charge is 2.09. The number of aliphatic hydroxyl groups excluding tert-OH is 1. The van der Waals surface area contributed by atoms with Gasteiger partial charge in [-0.25, -0.2) is 15.0 Å². The summed E-state index contributed by atoms with van der Waals surface area (Å²) < 4.78 is 0.850. The first-order chi connectivity index (χ1) is 9.28. The first-order valence-electron chi connectivity index (χ1n) is 5.75. The Hall–Kier alpha value is -1.85. The third kappa shape index (κ3) is 2.34. The van der Waals surface area contributed by atoms with Gasteiger partial charge in [-0.2, -0.15) is 0 Å². The highest BCUT2D eigenvalue weighted by Crippen LogP contribution is 2.27. The Kier molecular flexibility index (Phi) is 3.23. The van der Waals surface area contributed by atoms with Gasteiger partial charge in [0, 0.05) is 27.8 Å². The summed E-state index contributed by atoms with van der Waals surface area (Å²) >= 11 is 3.50. The number of aliphatic hydroxyl groups is 1. The van der Waals surface area contributed by atoms with Gasteiger partial charge in [0.05, 0.1) is 12.1 Å². The van der Waals surface area contributed by atoms with E-state index in [0.29, 0.717) is 17.1 Å². The lowest BCUT2D eigenvalue weighted by Crippen LogP contribution is -1.95. The molecular formula is C14H10BrN3O. The standard InChI is InChI=1S/C14H10BrN3O/c15-11-5-10-3-1-2-4-12(10)18-13(11)14-16-6-9(8-19)7-17-14/h1-7,19H,8H2. The molecule has 3 rings (SSSR count). The van der Waals surface area contributed by atoms with Crippen LogP contribution in [0.2, 0.25) is 0 Å². The fourth-order valence-electron chi connectivity index (χ4n) is 1.81. The summed E-state index contributed by atoms with van der Waals surface area (Å²) in [7, 11) is 0. The Morgan fingerprint density at radius 3 is 2.58 bits per heavy atom. The molecule has 0 amide bonds. The fourth-order valence-corrected chi connectivity index (χ4v) is 2.32. The number of aromatic nitrogens is 3. The molecule has 0 unspecified atom stereocenters. The molecule has 0 spiro atoms. The zero-order valence-electron chi connectivity index (χ0n) is 9.92. The van der Waals surface area contributed by atoms with Crippen molar-refractivity contribution < 1.29 is 5.11 Å². The zero-order chi connectivity index (χ0) is 13.2. The average Bonchev–Trinajstić information content (AvgIpc) is 2.47. The van der Waals surface area contributed by atoms with E-state index >= 15 is 0 Å². The third-order valence-corrected chi connectivity index (χ3v) is 3.38. The van der Waals surface area contributed by atoms with Gasteiger partial charge in [-0.05, 0) is 28.1 Å². The lowest BCUT2D eigenvalue weighted by atomic mass is 10.2. The molecule has 0 saturated heterocycles. The fraction of sp³-hybridized carbons (Fsp3) is 0.0714. The molecule has 0 fully saturated rings. The van der Waals surface area contributed by atoms with E-state index in [4.69, 9.17) is 5.11 Å². The molecule has 3 aromatic rings. The highest BCUT2D eigenvalue weighted by atomic mass is 79.9. The van der Waals surface area contributed by atoms with Crippen LogP contribution < -0.4 is 0 Å². The van der Waals surface area contributed by atoms with Crippen LogP contribution in [0.3, 0.4) is 0 Å². The van der Waals surface area contributed by atoms with Gasteiger partial charge >= 0.3 is 0 Å². The summed E-state index contributed by atoms with van der Waals surface area (Å²) in [6.45, 7) is -0.0629. The molecular weight excluding hydrogens is 306 g/mol. The third-order valence-electron chi connectivity index (χ3n) is 2.78. The lowest BCUT2D eigenvalue weighted by molar-refractivity contribution is 0.281. The molecule has 0 atom stereocenters. The maximum atomic E-state index is 8.99. The summed E-state index contributed by atoms with van der Waals surface area (Å²) in [6.07, 6.45) is 3.21. The van der Waals surface area contributed by atoms with Crippen LogP contribution in [0, 0.1) is 0 Å². The van der Waals surface area contributed by atoms with E-state index in [1.54, 1.807) is 12.4 Å². The van der Waals surface area contributed by atoms with Gasteiger partial charge in [-0.1, -0.05) is 18.2 Å². The highest BCUT2D eigenvalue weighted by molar-refractivity contribution is 9.10. The van der Waals surface area contributed by atoms with Crippen LogP contribution in [0.15, 0.2) is 47.2 Å². The van der Waals surface area contributed by atoms with E-state index in [-0.39, 0.29) is 6.61 Å². The molecule has 1 N–H and O–H groups in total.